The lowest BCUT2D eigenvalue weighted by Crippen LogP contribution is -2.07. The number of hydrogen-bond acceptors (Lipinski definition) is 7. The number of esters is 2. The first-order valence-corrected chi connectivity index (χ1v) is 8.42. The first-order chi connectivity index (χ1) is 13.3. The van der Waals surface area contributed by atoms with Gasteiger partial charge in [0.05, 0.1) is 41.5 Å². The zero-order chi connectivity index (χ0) is 21.0. The van der Waals surface area contributed by atoms with Crippen molar-refractivity contribution >= 4 is 46.7 Å². The van der Waals surface area contributed by atoms with Crippen LogP contribution in [0.4, 0.5) is 0 Å². The normalized spacial score (nSPS) is 9.82. The van der Waals surface area contributed by atoms with Crippen LogP contribution in [0.2, 0.25) is 15.1 Å². The summed E-state index contributed by atoms with van der Waals surface area (Å²) in [7, 11) is 2.34. The van der Waals surface area contributed by atoms with Gasteiger partial charge in [0.15, 0.2) is 5.75 Å². The van der Waals surface area contributed by atoms with E-state index in [0.717, 1.165) is 0 Å². The third kappa shape index (κ3) is 3.97. The van der Waals surface area contributed by atoms with Gasteiger partial charge in [0.1, 0.15) is 27.9 Å². The molecule has 0 radical (unpaired) electrons. The van der Waals surface area contributed by atoms with Crippen molar-refractivity contribution in [1.29, 1.82) is 10.5 Å². The molecule has 0 fully saturated rings. The zero-order valence-electron chi connectivity index (χ0n) is 14.3. The number of benzene rings is 2. The minimum absolute atomic E-state index is 0.00658. The van der Waals surface area contributed by atoms with E-state index < -0.39 is 11.9 Å². The SMILES string of the molecule is COC(=O)c1cc(Oc2c(Cl)c(Cl)c(C#N)c(C#N)c2Cl)cc(C(=O)OC)c1. The average Bonchev–Trinajstić information content (AvgIpc) is 2.71. The fourth-order valence-corrected chi connectivity index (χ4v) is 2.95. The number of carbonyl (C=O) groups excluding carboxylic acids is 2. The van der Waals surface area contributed by atoms with Gasteiger partial charge in [-0.2, -0.15) is 10.5 Å². The molecule has 0 unspecified atom stereocenters. The van der Waals surface area contributed by atoms with E-state index >= 15 is 0 Å². The Morgan fingerprint density at radius 1 is 0.821 bits per heavy atom. The van der Waals surface area contributed by atoms with Crippen molar-refractivity contribution in [3.05, 3.63) is 55.5 Å². The van der Waals surface area contributed by atoms with Gasteiger partial charge in [-0.15, -0.1) is 0 Å². The Hall–Kier alpha value is -2.97. The quantitative estimate of drug-likeness (QED) is 0.499. The Balaban J connectivity index is 2.68. The van der Waals surface area contributed by atoms with Crippen molar-refractivity contribution in [2.24, 2.45) is 0 Å². The van der Waals surface area contributed by atoms with Gasteiger partial charge < -0.3 is 14.2 Å². The summed E-state index contributed by atoms with van der Waals surface area (Å²) in [4.78, 5) is 23.7. The van der Waals surface area contributed by atoms with Crippen LogP contribution in [0.5, 0.6) is 11.5 Å². The molecule has 142 valence electrons. The molecule has 0 heterocycles. The van der Waals surface area contributed by atoms with Gasteiger partial charge in [-0.1, -0.05) is 34.8 Å². The highest BCUT2D eigenvalue weighted by Crippen LogP contribution is 2.45. The van der Waals surface area contributed by atoms with E-state index in [2.05, 4.69) is 9.47 Å². The topological polar surface area (TPSA) is 109 Å². The van der Waals surface area contributed by atoms with Crippen molar-refractivity contribution < 1.29 is 23.8 Å². The maximum Gasteiger partial charge on any atom is 0.338 e. The third-order valence-corrected chi connectivity index (χ3v) is 4.67. The van der Waals surface area contributed by atoms with Gasteiger partial charge in [0, 0.05) is 0 Å². The minimum atomic E-state index is -0.733. The molecular weight excluding hydrogens is 431 g/mol. The molecule has 7 nitrogen and oxygen atoms in total. The summed E-state index contributed by atoms with van der Waals surface area (Å²) in [6.45, 7) is 0. The van der Waals surface area contributed by atoms with Crippen molar-refractivity contribution in [1.82, 2.24) is 0 Å². The van der Waals surface area contributed by atoms with Crippen LogP contribution in [0.1, 0.15) is 31.8 Å². The van der Waals surface area contributed by atoms with Gasteiger partial charge in [0.25, 0.3) is 0 Å². The lowest BCUT2D eigenvalue weighted by molar-refractivity contribution is 0.0598. The molecule has 0 aliphatic carbocycles. The third-order valence-electron chi connectivity index (χ3n) is 3.47. The Bertz CT molecular complexity index is 1040. The number of halogens is 3. The monoisotopic (exact) mass is 438 g/mol. The molecule has 0 aliphatic heterocycles. The van der Waals surface area contributed by atoms with E-state index in [9.17, 15) is 14.9 Å². The van der Waals surface area contributed by atoms with E-state index in [1.165, 1.54) is 32.4 Å². The van der Waals surface area contributed by atoms with E-state index in [1.54, 1.807) is 12.1 Å². The molecule has 2 aromatic carbocycles. The Morgan fingerprint density at radius 2 is 1.29 bits per heavy atom. The molecule has 0 spiro atoms. The van der Waals surface area contributed by atoms with Crippen molar-refractivity contribution in [3.8, 4) is 23.6 Å². The second kappa shape index (κ2) is 8.81. The molecule has 0 atom stereocenters. The zero-order valence-corrected chi connectivity index (χ0v) is 16.6. The van der Waals surface area contributed by atoms with Gasteiger partial charge >= 0.3 is 11.9 Å². The van der Waals surface area contributed by atoms with E-state index in [4.69, 9.17) is 44.8 Å². The smallest absolute Gasteiger partial charge is 0.338 e. The van der Waals surface area contributed by atoms with Crippen LogP contribution in [0.25, 0.3) is 0 Å². The molecule has 0 amide bonds. The van der Waals surface area contributed by atoms with Crippen LogP contribution < -0.4 is 4.74 Å². The molecule has 28 heavy (non-hydrogen) atoms. The Labute approximate surface area is 174 Å². The predicted octanol–water partition coefficient (Wildman–Crippen LogP) is 4.76. The van der Waals surface area contributed by atoms with Crippen LogP contribution in [0.15, 0.2) is 18.2 Å². The standard InChI is InChI=1S/C18H9Cl3N2O5/c1-26-17(24)8-3-9(18(25)27-2)5-10(4-8)28-16-14(20)12(7-23)11(6-22)13(19)15(16)21/h3-5H,1-2H3. The number of ether oxygens (including phenoxy) is 3. The second-order valence-corrected chi connectivity index (χ2v) is 6.21. The van der Waals surface area contributed by atoms with E-state index in [1.807, 2.05) is 0 Å². The Morgan fingerprint density at radius 3 is 1.71 bits per heavy atom. The molecule has 0 saturated heterocycles. The van der Waals surface area contributed by atoms with E-state index in [0.29, 0.717) is 0 Å². The molecule has 2 aromatic rings. The largest absolute Gasteiger partial charge is 0.465 e. The summed E-state index contributed by atoms with van der Waals surface area (Å²) in [6, 6.07) is 7.29. The van der Waals surface area contributed by atoms with Crippen molar-refractivity contribution in [2.75, 3.05) is 14.2 Å². The predicted molar refractivity (Wildman–Crippen MR) is 100 cm³/mol. The first kappa shape index (κ1) is 21.3. The summed E-state index contributed by atoms with van der Waals surface area (Å²) in [6.07, 6.45) is 0. The van der Waals surface area contributed by atoms with Gasteiger partial charge in [-0.25, -0.2) is 9.59 Å². The van der Waals surface area contributed by atoms with Gasteiger partial charge in [0.2, 0.25) is 0 Å². The highest BCUT2D eigenvalue weighted by molar-refractivity contribution is 6.46. The molecule has 0 bridgehead atoms. The van der Waals surface area contributed by atoms with Crippen LogP contribution in [-0.2, 0) is 9.47 Å². The number of rotatable bonds is 4. The number of nitrogens with zero attached hydrogens (tertiary/aromatic N) is 2. The van der Waals surface area contributed by atoms with Crippen LogP contribution in [0, 0.1) is 22.7 Å². The molecule has 0 N–H and O–H groups in total. The highest BCUT2D eigenvalue weighted by Gasteiger charge is 2.24. The summed E-state index contributed by atoms with van der Waals surface area (Å²) in [5, 5.41) is 17.7. The number of nitriles is 2. The average molecular weight is 440 g/mol. The van der Waals surface area contributed by atoms with Gasteiger partial charge in [-0.05, 0) is 18.2 Å². The lowest BCUT2D eigenvalue weighted by atomic mass is 10.1. The van der Waals surface area contributed by atoms with Crippen molar-refractivity contribution in [3.63, 3.8) is 0 Å². The fourth-order valence-electron chi connectivity index (χ4n) is 2.19. The molecule has 0 aromatic heterocycles. The van der Waals surface area contributed by atoms with Crippen LogP contribution in [-0.4, -0.2) is 26.2 Å². The summed E-state index contributed by atoms with van der Waals surface area (Å²) in [5.74, 6) is -1.72. The molecular formula is C18H9Cl3N2O5. The first-order valence-electron chi connectivity index (χ1n) is 7.29. The summed E-state index contributed by atoms with van der Waals surface area (Å²) < 4.78 is 14.9. The number of carbonyl (C=O) groups is 2. The van der Waals surface area contributed by atoms with Crippen LogP contribution >= 0.6 is 34.8 Å². The highest BCUT2D eigenvalue weighted by atomic mass is 35.5. The van der Waals surface area contributed by atoms with Crippen molar-refractivity contribution in [2.45, 2.75) is 0 Å². The lowest BCUT2D eigenvalue weighted by Gasteiger charge is -2.14. The molecule has 0 aliphatic rings. The summed E-state index contributed by atoms with van der Waals surface area (Å²) in [5.41, 5.74) is -0.447. The van der Waals surface area contributed by atoms with E-state index in [-0.39, 0.29) is 48.8 Å². The molecule has 10 heteroatoms. The van der Waals surface area contributed by atoms with Crippen LogP contribution in [0.3, 0.4) is 0 Å². The minimum Gasteiger partial charge on any atom is -0.465 e. The van der Waals surface area contributed by atoms with Gasteiger partial charge in [-0.3, -0.25) is 0 Å². The fraction of sp³-hybridized carbons (Fsp3) is 0.111. The molecule has 2 rings (SSSR count). The molecule has 0 saturated carbocycles. The second-order valence-electron chi connectivity index (χ2n) is 5.08. The number of hydrogen-bond donors (Lipinski definition) is 0. The summed E-state index contributed by atoms with van der Waals surface area (Å²) >= 11 is 18.3. The maximum atomic E-state index is 11.9. The maximum absolute atomic E-state index is 11.9. The number of methoxy groups -OCH3 is 2. The Kier molecular flexibility index (Phi) is 6.71.